The highest BCUT2D eigenvalue weighted by molar-refractivity contribution is 7.14. The molecule has 0 aliphatic heterocycles. The number of allylic oxidation sites excluding steroid dienone is 2. The molecule has 6 nitrogen and oxygen atoms in total. The minimum Gasteiger partial charge on any atom is -0.343 e. The van der Waals surface area contributed by atoms with Crippen molar-refractivity contribution in [3.05, 3.63) is 76.5 Å². The van der Waals surface area contributed by atoms with Gasteiger partial charge in [-0.2, -0.15) is 0 Å². The summed E-state index contributed by atoms with van der Waals surface area (Å²) in [5.41, 5.74) is 7.42. The molecule has 3 aromatic rings. The molecule has 2 aromatic heterocycles. The summed E-state index contributed by atoms with van der Waals surface area (Å²) in [6, 6.07) is 12.2. The van der Waals surface area contributed by atoms with Crippen molar-refractivity contribution in [1.29, 1.82) is 0 Å². The molecular formula is C26H28N4O2S. The quantitative estimate of drug-likeness (QED) is 0.362. The summed E-state index contributed by atoms with van der Waals surface area (Å²) >= 11 is 1.35. The monoisotopic (exact) mass is 460 g/mol. The van der Waals surface area contributed by atoms with E-state index in [1.807, 2.05) is 45.2 Å². The second kappa shape index (κ2) is 10.8. The molecule has 0 unspecified atom stereocenters. The zero-order chi connectivity index (χ0) is 24.0. The van der Waals surface area contributed by atoms with Crippen molar-refractivity contribution in [2.75, 3.05) is 11.9 Å². The molecule has 1 aromatic carbocycles. The van der Waals surface area contributed by atoms with E-state index in [-0.39, 0.29) is 18.4 Å². The predicted octanol–water partition coefficient (Wildman–Crippen LogP) is 5.46. The number of hydrogen-bond acceptors (Lipinski definition) is 5. The van der Waals surface area contributed by atoms with Crippen LogP contribution in [-0.2, 0) is 9.59 Å². The van der Waals surface area contributed by atoms with Crippen LogP contribution in [0.4, 0.5) is 5.13 Å². The van der Waals surface area contributed by atoms with Crippen LogP contribution in [-0.4, -0.2) is 28.3 Å². The predicted molar refractivity (Wildman–Crippen MR) is 135 cm³/mol. The Morgan fingerprint density at radius 3 is 2.36 bits per heavy atom. The van der Waals surface area contributed by atoms with Crippen molar-refractivity contribution in [2.24, 2.45) is 0 Å². The number of rotatable bonds is 7. The van der Waals surface area contributed by atoms with Gasteiger partial charge in [-0.25, -0.2) is 4.98 Å². The van der Waals surface area contributed by atoms with E-state index in [9.17, 15) is 9.59 Å². The maximum absolute atomic E-state index is 12.3. The SMILES string of the molecule is C/C=C(\C=C(C)C)C(=O)NCC(=O)Nc1nc(-c2cccc(-c3cc(C)nc(C)c3)c2)cs1. The zero-order valence-corrected chi connectivity index (χ0v) is 20.3. The lowest BCUT2D eigenvalue weighted by molar-refractivity contribution is -0.121. The van der Waals surface area contributed by atoms with Crippen LogP contribution in [0.1, 0.15) is 32.2 Å². The molecule has 0 saturated heterocycles. The Balaban J connectivity index is 1.66. The minimum atomic E-state index is -0.326. The second-order valence-corrected chi connectivity index (χ2v) is 8.81. The van der Waals surface area contributed by atoms with Crippen LogP contribution in [0.2, 0.25) is 0 Å². The number of carbonyl (C=O) groups excluding carboxylic acids is 2. The molecule has 170 valence electrons. The average Bonchev–Trinajstić information content (AvgIpc) is 3.23. The molecule has 0 bridgehead atoms. The number of hydrogen-bond donors (Lipinski definition) is 2. The summed E-state index contributed by atoms with van der Waals surface area (Å²) in [5.74, 6) is -0.611. The highest BCUT2D eigenvalue weighted by Gasteiger charge is 2.12. The van der Waals surface area contributed by atoms with Crippen LogP contribution in [0.15, 0.2) is 65.1 Å². The average molecular weight is 461 g/mol. The van der Waals surface area contributed by atoms with Gasteiger partial charge in [-0.15, -0.1) is 11.3 Å². The maximum Gasteiger partial charge on any atom is 0.251 e. The first-order chi connectivity index (χ1) is 15.7. The lowest BCUT2D eigenvalue weighted by Crippen LogP contribution is -2.33. The van der Waals surface area contributed by atoms with Gasteiger partial charge < -0.3 is 10.6 Å². The summed E-state index contributed by atoms with van der Waals surface area (Å²) in [7, 11) is 0. The fourth-order valence-electron chi connectivity index (χ4n) is 3.34. The maximum atomic E-state index is 12.3. The number of carbonyl (C=O) groups is 2. The Morgan fingerprint density at radius 1 is 1.00 bits per heavy atom. The van der Waals surface area contributed by atoms with Gasteiger partial charge in [0.25, 0.3) is 5.91 Å². The van der Waals surface area contributed by atoms with Crippen molar-refractivity contribution < 1.29 is 9.59 Å². The molecule has 0 atom stereocenters. The van der Waals surface area contributed by atoms with Gasteiger partial charge in [0.15, 0.2) is 5.13 Å². The van der Waals surface area contributed by atoms with E-state index in [2.05, 4.69) is 44.9 Å². The highest BCUT2D eigenvalue weighted by Crippen LogP contribution is 2.29. The van der Waals surface area contributed by atoms with Crippen molar-refractivity contribution in [3.8, 4) is 22.4 Å². The van der Waals surface area contributed by atoms with Crippen LogP contribution >= 0.6 is 11.3 Å². The van der Waals surface area contributed by atoms with Gasteiger partial charge in [-0.05, 0) is 63.9 Å². The molecule has 2 amide bonds. The third kappa shape index (κ3) is 6.70. The number of amides is 2. The zero-order valence-electron chi connectivity index (χ0n) is 19.5. The summed E-state index contributed by atoms with van der Waals surface area (Å²) in [4.78, 5) is 33.5. The number of nitrogens with one attached hydrogen (secondary N) is 2. The van der Waals surface area contributed by atoms with Gasteiger partial charge in [0, 0.05) is 27.9 Å². The van der Waals surface area contributed by atoms with E-state index in [0.29, 0.717) is 10.7 Å². The molecule has 33 heavy (non-hydrogen) atoms. The van der Waals surface area contributed by atoms with Gasteiger partial charge in [0.2, 0.25) is 5.91 Å². The normalized spacial score (nSPS) is 11.1. The lowest BCUT2D eigenvalue weighted by atomic mass is 10.0. The van der Waals surface area contributed by atoms with Gasteiger partial charge in [0.05, 0.1) is 12.2 Å². The number of anilines is 1. The molecule has 0 saturated carbocycles. The molecule has 0 aliphatic rings. The van der Waals surface area contributed by atoms with Gasteiger partial charge >= 0.3 is 0 Å². The molecule has 0 fully saturated rings. The number of nitrogens with zero attached hydrogens (tertiary/aromatic N) is 2. The van der Waals surface area contributed by atoms with Crippen LogP contribution in [0.25, 0.3) is 22.4 Å². The first kappa shape index (κ1) is 24.1. The largest absolute Gasteiger partial charge is 0.343 e. The summed E-state index contributed by atoms with van der Waals surface area (Å²) in [6.07, 6.45) is 3.50. The van der Waals surface area contributed by atoms with E-state index in [0.717, 1.165) is 39.3 Å². The molecule has 7 heteroatoms. The van der Waals surface area contributed by atoms with Crippen LogP contribution in [0.3, 0.4) is 0 Å². The topological polar surface area (TPSA) is 84.0 Å². The Hall–Kier alpha value is -3.58. The van der Waals surface area contributed by atoms with Gasteiger partial charge in [-0.1, -0.05) is 35.9 Å². The van der Waals surface area contributed by atoms with E-state index in [4.69, 9.17) is 0 Å². The summed E-state index contributed by atoms with van der Waals surface area (Å²) < 4.78 is 0. The number of benzene rings is 1. The fourth-order valence-corrected chi connectivity index (χ4v) is 4.08. The van der Waals surface area contributed by atoms with Crippen molar-refractivity contribution in [2.45, 2.75) is 34.6 Å². The lowest BCUT2D eigenvalue weighted by Gasteiger charge is -2.07. The molecule has 0 spiro atoms. The molecular weight excluding hydrogens is 432 g/mol. The van der Waals surface area contributed by atoms with Gasteiger partial charge in [0.1, 0.15) is 0 Å². The smallest absolute Gasteiger partial charge is 0.251 e. The third-order valence-electron chi connectivity index (χ3n) is 4.75. The fraction of sp³-hybridized carbons (Fsp3) is 0.231. The van der Waals surface area contributed by atoms with Gasteiger partial charge in [-0.3, -0.25) is 14.6 Å². The Kier molecular flexibility index (Phi) is 7.90. The first-order valence-corrected chi connectivity index (χ1v) is 11.5. The second-order valence-electron chi connectivity index (χ2n) is 7.95. The molecule has 0 radical (unpaired) electrons. The van der Waals surface area contributed by atoms with Crippen molar-refractivity contribution in [3.63, 3.8) is 0 Å². The van der Waals surface area contributed by atoms with Crippen LogP contribution < -0.4 is 10.6 Å². The number of aryl methyl sites for hydroxylation is 2. The number of thiazole rings is 1. The minimum absolute atomic E-state index is 0.127. The summed E-state index contributed by atoms with van der Waals surface area (Å²) in [5, 5.41) is 7.79. The molecule has 0 aliphatic carbocycles. The van der Waals surface area contributed by atoms with Crippen molar-refractivity contribution in [1.82, 2.24) is 15.3 Å². The number of pyridine rings is 1. The standard InChI is InChI=1S/C26H28N4O2S/c1-6-19(10-16(2)3)25(32)27-14-24(31)30-26-29-23(15-33-26)21-9-7-8-20(13-21)22-11-17(4)28-18(5)12-22/h6-13,15H,14H2,1-5H3,(H,27,32)(H,29,30,31)/b19-6+. The summed E-state index contributed by atoms with van der Waals surface area (Å²) in [6.45, 7) is 9.46. The van der Waals surface area contributed by atoms with Crippen LogP contribution in [0.5, 0.6) is 0 Å². The van der Waals surface area contributed by atoms with E-state index in [1.54, 1.807) is 19.1 Å². The first-order valence-electron chi connectivity index (χ1n) is 10.7. The van der Waals surface area contributed by atoms with E-state index < -0.39 is 0 Å². The molecule has 3 rings (SSSR count). The van der Waals surface area contributed by atoms with E-state index >= 15 is 0 Å². The third-order valence-corrected chi connectivity index (χ3v) is 5.51. The Labute approximate surface area is 198 Å². The molecule has 2 heterocycles. The Morgan fingerprint density at radius 2 is 1.70 bits per heavy atom. The van der Waals surface area contributed by atoms with E-state index in [1.165, 1.54) is 11.3 Å². The molecule has 2 N–H and O–H groups in total. The Bertz CT molecular complexity index is 1220. The number of aromatic nitrogens is 2. The highest BCUT2D eigenvalue weighted by atomic mass is 32.1. The van der Waals surface area contributed by atoms with Crippen LogP contribution in [0, 0.1) is 13.8 Å². The van der Waals surface area contributed by atoms with Crippen molar-refractivity contribution >= 4 is 28.3 Å².